The molecule has 2 heteroatoms. The molecule has 0 saturated carbocycles. The van der Waals surface area contributed by atoms with Crippen molar-refractivity contribution < 1.29 is 4.79 Å². The number of unbranched alkanes of at least 4 members (excludes halogenated alkanes) is 15. The highest BCUT2D eigenvalue weighted by atomic mass is 16.1. The highest BCUT2D eigenvalue weighted by Gasteiger charge is 2.00. The Balaban J connectivity index is 0.00000245. The maximum atomic E-state index is 8.58. The molecule has 0 bridgehead atoms. The van der Waals surface area contributed by atoms with Gasteiger partial charge in [0.2, 0.25) is 6.41 Å². The number of hydrogen-bond acceptors (Lipinski definition) is 1. The number of hydrogen-bond donors (Lipinski definition) is 1. The van der Waals surface area contributed by atoms with Crippen LogP contribution in [0, 0.1) is 13.8 Å². The monoisotopic (exact) mass is 403 g/mol. The fourth-order valence-corrected chi connectivity index (χ4v) is 3.95. The third-order valence-electron chi connectivity index (χ3n) is 6.02. The van der Waals surface area contributed by atoms with Crippen LogP contribution in [0.5, 0.6) is 0 Å². The van der Waals surface area contributed by atoms with Gasteiger partial charge in [-0.3, -0.25) is 4.79 Å². The van der Waals surface area contributed by atoms with E-state index in [2.05, 4.69) is 44.7 Å². The number of aryl methyl sites for hydroxylation is 2. The van der Waals surface area contributed by atoms with Crippen LogP contribution in [-0.4, -0.2) is 6.41 Å². The van der Waals surface area contributed by atoms with Gasteiger partial charge < -0.3 is 5.73 Å². The molecule has 1 aromatic rings. The van der Waals surface area contributed by atoms with E-state index < -0.39 is 0 Å². The minimum absolute atomic E-state index is 0.250. The zero-order valence-corrected chi connectivity index (χ0v) is 19.8. The molecule has 0 aliphatic carbocycles. The van der Waals surface area contributed by atoms with Crippen molar-refractivity contribution in [1.29, 1.82) is 0 Å². The normalized spacial score (nSPS) is 10.4. The molecule has 1 rings (SSSR count). The van der Waals surface area contributed by atoms with Gasteiger partial charge in [-0.25, -0.2) is 0 Å². The maximum Gasteiger partial charge on any atom is 0.204 e. The van der Waals surface area contributed by atoms with Crippen molar-refractivity contribution in [3.63, 3.8) is 0 Å². The number of rotatable bonds is 17. The van der Waals surface area contributed by atoms with Crippen LogP contribution in [0.3, 0.4) is 0 Å². The second-order valence-electron chi connectivity index (χ2n) is 8.55. The molecule has 168 valence electrons. The quantitative estimate of drug-likeness (QED) is 0.207. The largest absolute Gasteiger partial charge is 0.372 e. The first-order chi connectivity index (χ1) is 14.2. The van der Waals surface area contributed by atoms with Crippen LogP contribution >= 0.6 is 0 Å². The van der Waals surface area contributed by atoms with Crippen LogP contribution in [0.25, 0.3) is 0 Å². The van der Waals surface area contributed by atoms with Crippen molar-refractivity contribution >= 4 is 6.41 Å². The molecular weight excluding hydrogens is 354 g/mol. The lowest BCUT2D eigenvalue weighted by Gasteiger charge is -2.08. The second kappa shape index (κ2) is 21.4. The average molecular weight is 404 g/mol. The van der Waals surface area contributed by atoms with Gasteiger partial charge in [0.05, 0.1) is 0 Å². The van der Waals surface area contributed by atoms with E-state index in [0.717, 1.165) is 0 Å². The van der Waals surface area contributed by atoms with Gasteiger partial charge in [0.15, 0.2) is 0 Å². The van der Waals surface area contributed by atoms with E-state index in [4.69, 9.17) is 4.79 Å². The number of primary amides is 1. The predicted octanol–water partition coefficient (Wildman–Crippen LogP) is 8.21. The molecule has 0 aliphatic heterocycles. The van der Waals surface area contributed by atoms with Gasteiger partial charge in [-0.1, -0.05) is 121 Å². The van der Waals surface area contributed by atoms with Crippen LogP contribution in [0.1, 0.15) is 126 Å². The SMILES string of the molecule is CCCCCCCCCCCCCCCCCCc1cccc(C)c1C.NC=O. The first-order valence-corrected chi connectivity index (χ1v) is 12.4. The number of benzene rings is 1. The number of nitrogens with two attached hydrogens (primary N) is 1. The average Bonchev–Trinajstić information content (AvgIpc) is 2.71. The molecule has 0 heterocycles. The molecule has 0 fully saturated rings. The minimum atomic E-state index is 0.250. The Hall–Kier alpha value is -1.31. The number of carbonyl (C=O) groups excluding carboxylic acids is 1. The van der Waals surface area contributed by atoms with E-state index in [1.165, 1.54) is 120 Å². The van der Waals surface area contributed by atoms with Crippen LogP contribution < -0.4 is 5.73 Å². The Morgan fingerprint density at radius 2 is 1.07 bits per heavy atom. The van der Waals surface area contributed by atoms with Crippen LogP contribution in [0.4, 0.5) is 0 Å². The van der Waals surface area contributed by atoms with Crippen molar-refractivity contribution in [2.75, 3.05) is 0 Å². The number of amides is 1. The minimum Gasteiger partial charge on any atom is -0.372 e. The molecule has 0 aromatic heterocycles. The highest BCUT2D eigenvalue weighted by molar-refractivity contribution is 5.42. The summed E-state index contributed by atoms with van der Waals surface area (Å²) in [6, 6.07) is 6.75. The first-order valence-electron chi connectivity index (χ1n) is 12.4. The van der Waals surface area contributed by atoms with Crippen molar-refractivity contribution in [2.45, 2.75) is 130 Å². The molecule has 2 nitrogen and oxygen atoms in total. The number of carbonyl (C=O) groups is 1. The van der Waals surface area contributed by atoms with Gasteiger partial charge in [0.1, 0.15) is 0 Å². The Kier molecular flexibility index (Phi) is 20.4. The Labute approximate surface area is 182 Å². The van der Waals surface area contributed by atoms with Crippen molar-refractivity contribution in [1.82, 2.24) is 0 Å². The summed E-state index contributed by atoms with van der Waals surface area (Å²) in [5, 5.41) is 0. The molecule has 0 radical (unpaired) electrons. The van der Waals surface area contributed by atoms with Gasteiger partial charge in [0, 0.05) is 0 Å². The van der Waals surface area contributed by atoms with E-state index >= 15 is 0 Å². The van der Waals surface area contributed by atoms with E-state index in [1.54, 1.807) is 5.56 Å². The summed E-state index contributed by atoms with van der Waals surface area (Å²) in [6.45, 7) is 6.80. The Morgan fingerprint density at radius 3 is 1.48 bits per heavy atom. The second-order valence-corrected chi connectivity index (χ2v) is 8.55. The summed E-state index contributed by atoms with van der Waals surface area (Å²) in [5.41, 5.74) is 8.68. The maximum absolute atomic E-state index is 8.58. The summed E-state index contributed by atoms with van der Waals surface area (Å²) >= 11 is 0. The van der Waals surface area contributed by atoms with Gasteiger partial charge in [-0.05, 0) is 43.4 Å². The van der Waals surface area contributed by atoms with Crippen molar-refractivity contribution in [3.8, 4) is 0 Å². The molecule has 0 spiro atoms. The van der Waals surface area contributed by atoms with Crippen LogP contribution in [0.2, 0.25) is 0 Å². The lowest BCUT2D eigenvalue weighted by Crippen LogP contribution is -1.92. The fraction of sp³-hybridized carbons (Fsp3) is 0.741. The van der Waals surface area contributed by atoms with Crippen molar-refractivity contribution in [3.05, 3.63) is 34.9 Å². The molecule has 29 heavy (non-hydrogen) atoms. The smallest absolute Gasteiger partial charge is 0.204 e. The molecule has 1 amide bonds. The molecule has 0 aliphatic rings. The van der Waals surface area contributed by atoms with E-state index in [-0.39, 0.29) is 6.41 Å². The van der Waals surface area contributed by atoms with Gasteiger partial charge in [0.25, 0.3) is 0 Å². The van der Waals surface area contributed by atoms with Crippen LogP contribution in [0.15, 0.2) is 18.2 Å². The summed E-state index contributed by atoms with van der Waals surface area (Å²) in [7, 11) is 0. The molecule has 2 N–H and O–H groups in total. The van der Waals surface area contributed by atoms with Gasteiger partial charge in [-0.2, -0.15) is 0 Å². The summed E-state index contributed by atoms with van der Waals surface area (Å²) < 4.78 is 0. The van der Waals surface area contributed by atoms with E-state index in [1.807, 2.05) is 0 Å². The zero-order valence-electron chi connectivity index (χ0n) is 19.8. The lowest BCUT2D eigenvalue weighted by atomic mass is 9.98. The Bertz CT molecular complexity index is 483. The summed E-state index contributed by atoms with van der Waals surface area (Å²) in [5.74, 6) is 0. The molecular formula is C27H49NO. The molecule has 0 atom stereocenters. The molecule has 0 unspecified atom stereocenters. The predicted molar refractivity (Wildman–Crippen MR) is 129 cm³/mol. The fourth-order valence-electron chi connectivity index (χ4n) is 3.95. The lowest BCUT2D eigenvalue weighted by molar-refractivity contribution is -0.106. The van der Waals surface area contributed by atoms with Gasteiger partial charge in [-0.15, -0.1) is 0 Å². The molecule has 0 saturated heterocycles. The van der Waals surface area contributed by atoms with Gasteiger partial charge >= 0.3 is 0 Å². The summed E-state index contributed by atoms with van der Waals surface area (Å²) in [4.78, 5) is 8.58. The standard InChI is InChI=1S/C26H46.CH3NO/c1-4-5-6-7-8-9-10-11-12-13-14-15-16-17-18-19-22-26-23-20-21-24(2)25(26)3;2-1-3/h20-21,23H,4-19,22H2,1-3H3;1H,(H2,2,3). The first kappa shape index (κ1) is 27.7. The van der Waals surface area contributed by atoms with E-state index in [0.29, 0.717) is 0 Å². The highest BCUT2D eigenvalue weighted by Crippen LogP contribution is 2.17. The third-order valence-corrected chi connectivity index (χ3v) is 6.02. The zero-order chi connectivity index (χ0) is 21.6. The molecule has 1 aromatic carbocycles. The topological polar surface area (TPSA) is 43.1 Å². The van der Waals surface area contributed by atoms with Crippen LogP contribution in [-0.2, 0) is 11.2 Å². The Morgan fingerprint density at radius 1 is 0.690 bits per heavy atom. The van der Waals surface area contributed by atoms with Crippen molar-refractivity contribution in [2.24, 2.45) is 5.73 Å². The summed E-state index contributed by atoms with van der Waals surface area (Å²) in [6.07, 6.45) is 24.7. The van der Waals surface area contributed by atoms with E-state index in [9.17, 15) is 0 Å². The third kappa shape index (κ3) is 17.3.